The van der Waals surface area contributed by atoms with Gasteiger partial charge in [-0.3, -0.25) is 0 Å². The summed E-state index contributed by atoms with van der Waals surface area (Å²) < 4.78 is 16.3. The highest BCUT2D eigenvalue weighted by molar-refractivity contribution is 5.80. The van der Waals surface area contributed by atoms with Crippen molar-refractivity contribution in [3.8, 4) is 17.2 Å². The smallest absolute Gasteiger partial charge is 0.225 e. The molecular weight excluding hydrogens is 384 g/mol. The van der Waals surface area contributed by atoms with Gasteiger partial charge < -0.3 is 29.3 Å². The van der Waals surface area contributed by atoms with Crippen LogP contribution in [0.15, 0.2) is 35.6 Å². The zero-order chi connectivity index (χ0) is 21.3. The fraction of sp³-hybridized carbons (Fsp3) is 0.476. The summed E-state index contributed by atoms with van der Waals surface area (Å²) in [6.07, 6.45) is 3.55. The van der Waals surface area contributed by atoms with Crippen LogP contribution in [0, 0.1) is 0 Å². The van der Waals surface area contributed by atoms with Crippen molar-refractivity contribution < 1.29 is 14.2 Å². The average molecular weight is 415 g/mol. The molecule has 2 heterocycles. The molecule has 0 radical (unpaired) electrons. The van der Waals surface area contributed by atoms with Crippen molar-refractivity contribution in [2.75, 3.05) is 59.0 Å². The molecule has 1 saturated heterocycles. The molecule has 1 fully saturated rings. The molecule has 0 saturated carbocycles. The summed E-state index contributed by atoms with van der Waals surface area (Å²) in [6.45, 7) is 6.76. The van der Waals surface area contributed by atoms with Gasteiger partial charge in [0, 0.05) is 45.1 Å². The molecule has 0 amide bonds. The van der Waals surface area contributed by atoms with E-state index in [1.54, 1.807) is 33.7 Å². The Labute approximate surface area is 177 Å². The van der Waals surface area contributed by atoms with Gasteiger partial charge in [0.2, 0.25) is 11.7 Å². The van der Waals surface area contributed by atoms with E-state index < -0.39 is 0 Å². The lowest BCUT2D eigenvalue weighted by Gasteiger charge is -2.36. The Morgan fingerprint density at radius 3 is 2.17 bits per heavy atom. The molecule has 0 spiro atoms. The maximum atomic E-state index is 5.45. The number of nitrogens with one attached hydrogen (secondary N) is 1. The van der Waals surface area contributed by atoms with E-state index in [2.05, 4.69) is 32.0 Å². The number of anilines is 1. The molecule has 1 aromatic heterocycles. The fourth-order valence-electron chi connectivity index (χ4n) is 3.39. The molecule has 30 heavy (non-hydrogen) atoms. The molecule has 0 atom stereocenters. The number of methoxy groups -OCH3 is 3. The topological polar surface area (TPSA) is 84.3 Å². The summed E-state index contributed by atoms with van der Waals surface area (Å²) >= 11 is 0. The van der Waals surface area contributed by atoms with Crippen LogP contribution in [0.5, 0.6) is 17.2 Å². The van der Waals surface area contributed by atoms with E-state index in [0.29, 0.717) is 23.8 Å². The molecule has 1 aliphatic rings. The third-order valence-corrected chi connectivity index (χ3v) is 4.88. The normalized spacial score (nSPS) is 14.5. The monoisotopic (exact) mass is 414 g/mol. The maximum absolute atomic E-state index is 5.45. The van der Waals surface area contributed by atoms with Gasteiger partial charge >= 0.3 is 0 Å². The van der Waals surface area contributed by atoms with Gasteiger partial charge in [-0.15, -0.1) is 0 Å². The molecule has 3 rings (SSSR count). The molecular formula is C21H30N6O3. The fourth-order valence-corrected chi connectivity index (χ4v) is 3.39. The minimum Gasteiger partial charge on any atom is -0.493 e. The first-order valence-corrected chi connectivity index (χ1v) is 10.0. The van der Waals surface area contributed by atoms with Crippen molar-refractivity contribution in [1.82, 2.24) is 20.2 Å². The second-order valence-corrected chi connectivity index (χ2v) is 6.73. The van der Waals surface area contributed by atoms with Gasteiger partial charge in [-0.05, 0) is 30.7 Å². The molecule has 0 bridgehead atoms. The van der Waals surface area contributed by atoms with Crippen LogP contribution in [0.25, 0.3) is 0 Å². The highest BCUT2D eigenvalue weighted by Crippen LogP contribution is 2.38. The number of piperazine rings is 1. The van der Waals surface area contributed by atoms with E-state index in [0.717, 1.165) is 50.2 Å². The maximum Gasteiger partial charge on any atom is 0.225 e. The minimum absolute atomic E-state index is 0.501. The van der Waals surface area contributed by atoms with Gasteiger partial charge in [-0.25, -0.2) is 15.0 Å². The highest BCUT2D eigenvalue weighted by atomic mass is 16.5. The van der Waals surface area contributed by atoms with E-state index in [9.17, 15) is 0 Å². The second kappa shape index (κ2) is 10.5. The predicted octanol–water partition coefficient (Wildman–Crippen LogP) is 1.79. The number of nitrogens with zero attached hydrogens (tertiary/aromatic N) is 5. The van der Waals surface area contributed by atoms with Crippen molar-refractivity contribution >= 4 is 11.9 Å². The molecule has 1 N–H and O–H groups in total. The molecule has 9 nitrogen and oxygen atoms in total. The number of aromatic nitrogens is 2. The first-order chi connectivity index (χ1) is 14.7. The summed E-state index contributed by atoms with van der Waals surface area (Å²) in [7, 11) is 4.83. The number of guanidine groups is 1. The third kappa shape index (κ3) is 5.03. The first-order valence-electron chi connectivity index (χ1n) is 10.0. The Hall–Kier alpha value is -3.23. The molecule has 1 aromatic carbocycles. The van der Waals surface area contributed by atoms with Crippen LogP contribution < -0.4 is 24.4 Å². The van der Waals surface area contributed by atoms with Crippen molar-refractivity contribution in [1.29, 1.82) is 0 Å². The Bertz CT molecular complexity index is 813. The number of ether oxygens (including phenoxy) is 3. The lowest BCUT2D eigenvalue weighted by atomic mass is 10.2. The quantitative estimate of drug-likeness (QED) is 0.542. The van der Waals surface area contributed by atoms with Crippen molar-refractivity contribution in [2.24, 2.45) is 4.99 Å². The molecule has 162 valence electrons. The lowest BCUT2D eigenvalue weighted by molar-refractivity contribution is 0.324. The van der Waals surface area contributed by atoms with E-state index in [-0.39, 0.29) is 0 Å². The number of aliphatic imine (C=N–C) groups is 1. The summed E-state index contributed by atoms with van der Waals surface area (Å²) in [6, 6.07) is 5.69. The Balaban J connectivity index is 1.71. The van der Waals surface area contributed by atoms with E-state index in [1.807, 2.05) is 18.2 Å². The van der Waals surface area contributed by atoms with Crippen LogP contribution in [0.4, 0.5) is 5.95 Å². The molecule has 9 heteroatoms. The van der Waals surface area contributed by atoms with Gasteiger partial charge in [-0.2, -0.15) is 0 Å². The van der Waals surface area contributed by atoms with E-state index in [4.69, 9.17) is 19.2 Å². The van der Waals surface area contributed by atoms with E-state index in [1.165, 1.54) is 0 Å². The van der Waals surface area contributed by atoms with Gasteiger partial charge in [0.25, 0.3) is 0 Å². The first kappa shape index (κ1) is 21.5. The Morgan fingerprint density at radius 1 is 1.00 bits per heavy atom. The predicted molar refractivity (Wildman–Crippen MR) is 117 cm³/mol. The van der Waals surface area contributed by atoms with Crippen LogP contribution in [0.1, 0.15) is 12.5 Å². The molecule has 1 aliphatic heterocycles. The van der Waals surface area contributed by atoms with Crippen LogP contribution in [-0.2, 0) is 6.54 Å². The van der Waals surface area contributed by atoms with E-state index >= 15 is 0 Å². The second-order valence-electron chi connectivity index (χ2n) is 6.73. The number of hydrogen-bond donors (Lipinski definition) is 1. The van der Waals surface area contributed by atoms with Gasteiger partial charge in [0.15, 0.2) is 17.5 Å². The number of rotatable bonds is 7. The molecule has 2 aromatic rings. The van der Waals surface area contributed by atoms with Crippen LogP contribution in [-0.4, -0.2) is 74.9 Å². The largest absolute Gasteiger partial charge is 0.493 e. The minimum atomic E-state index is 0.501. The van der Waals surface area contributed by atoms with Crippen molar-refractivity contribution in [3.05, 3.63) is 36.2 Å². The Morgan fingerprint density at radius 2 is 1.63 bits per heavy atom. The summed E-state index contributed by atoms with van der Waals surface area (Å²) in [5.74, 6) is 3.50. The third-order valence-electron chi connectivity index (χ3n) is 4.88. The van der Waals surface area contributed by atoms with Gasteiger partial charge in [0.05, 0.1) is 27.9 Å². The number of hydrogen-bond acceptors (Lipinski definition) is 7. The zero-order valence-electron chi connectivity index (χ0n) is 18.1. The summed E-state index contributed by atoms with van der Waals surface area (Å²) in [5.41, 5.74) is 0.983. The van der Waals surface area contributed by atoms with Crippen molar-refractivity contribution in [2.45, 2.75) is 13.5 Å². The molecule has 0 aliphatic carbocycles. The van der Waals surface area contributed by atoms with Crippen LogP contribution >= 0.6 is 0 Å². The highest BCUT2D eigenvalue weighted by Gasteiger charge is 2.21. The van der Waals surface area contributed by atoms with Crippen LogP contribution in [0.3, 0.4) is 0 Å². The SMILES string of the molecule is CCNC(=NCc1cc(OC)c(OC)c(OC)c1)N1CCN(c2ncccn2)CC1. The summed E-state index contributed by atoms with van der Waals surface area (Å²) in [5, 5.41) is 3.40. The van der Waals surface area contributed by atoms with Gasteiger partial charge in [-0.1, -0.05) is 0 Å². The van der Waals surface area contributed by atoms with Crippen LogP contribution in [0.2, 0.25) is 0 Å². The van der Waals surface area contributed by atoms with Gasteiger partial charge in [0.1, 0.15) is 0 Å². The lowest BCUT2D eigenvalue weighted by Crippen LogP contribution is -2.52. The Kier molecular flexibility index (Phi) is 7.53. The average Bonchev–Trinajstić information content (AvgIpc) is 2.81. The number of benzene rings is 1. The zero-order valence-corrected chi connectivity index (χ0v) is 18.1. The van der Waals surface area contributed by atoms with Crippen molar-refractivity contribution in [3.63, 3.8) is 0 Å². The summed E-state index contributed by atoms with van der Waals surface area (Å²) in [4.78, 5) is 18.0. The molecule has 0 unspecified atom stereocenters. The standard InChI is InChI=1S/C21H30N6O3/c1-5-22-20(26-9-11-27(12-10-26)21-23-7-6-8-24-21)25-15-16-13-17(28-2)19(30-4)18(14-16)29-3/h6-8,13-14H,5,9-12,15H2,1-4H3,(H,22,25).